The van der Waals surface area contributed by atoms with Crippen LogP contribution in [0.2, 0.25) is 0 Å². The average Bonchev–Trinajstić information content (AvgIpc) is 3.57. The number of thiazole rings is 1. The van der Waals surface area contributed by atoms with Gasteiger partial charge in [-0.25, -0.2) is 13.4 Å². The number of carbonyl (C=O) groups excluding carboxylic acids is 1. The third-order valence-corrected chi connectivity index (χ3v) is 10.7. The Morgan fingerprint density at radius 1 is 1.17 bits per heavy atom. The number of anilines is 1. The van der Waals surface area contributed by atoms with Crippen molar-refractivity contribution in [2.75, 3.05) is 37.4 Å². The number of carbonyl (C=O) groups is 1. The second kappa shape index (κ2) is 10.8. The fourth-order valence-electron chi connectivity index (χ4n) is 4.90. The van der Waals surface area contributed by atoms with Crippen LogP contribution < -0.4 is 4.90 Å². The van der Waals surface area contributed by atoms with Crippen LogP contribution in [0.5, 0.6) is 0 Å². The van der Waals surface area contributed by atoms with E-state index < -0.39 is 10.0 Å². The van der Waals surface area contributed by atoms with Gasteiger partial charge in [-0.3, -0.25) is 9.69 Å². The molecule has 0 saturated carbocycles. The first kappa shape index (κ1) is 25.7. The van der Waals surface area contributed by atoms with Crippen LogP contribution in [-0.2, 0) is 19.6 Å². The van der Waals surface area contributed by atoms with Crippen molar-refractivity contribution >= 4 is 54.4 Å². The predicted molar refractivity (Wildman–Crippen MR) is 145 cm³/mol. The van der Waals surface area contributed by atoms with Crippen molar-refractivity contribution in [1.29, 1.82) is 0 Å². The smallest absolute Gasteiger partial charge is 0.243 e. The first-order valence-electron chi connectivity index (χ1n) is 12.3. The molecule has 0 radical (unpaired) electrons. The van der Waals surface area contributed by atoms with Gasteiger partial charge in [0.25, 0.3) is 0 Å². The molecule has 3 aromatic rings. The van der Waals surface area contributed by atoms with Gasteiger partial charge in [-0.2, -0.15) is 4.31 Å². The van der Waals surface area contributed by atoms with Crippen LogP contribution in [0, 0.1) is 12.8 Å². The van der Waals surface area contributed by atoms with Gasteiger partial charge in [-0.1, -0.05) is 23.5 Å². The second-order valence-electron chi connectivity index (χ2n) is 9.36. The molecule has 0 spiro atoms. The van der Waals surface area contributed by atoms with Crippen LogP contribution >= 0.6 is 23.1 Å². The maximum atomic E-state index is 13.8. The summed E-state index contributed by atoms with van der Waals surface area (Å²) >= 11 is 3.11. The maximum Gasteiger partial charge on any atom is 0.243 e. The first-order chi connectivity index (χ1) is 17.4. The molecule has 0 aliphatic carbocycles. The number of ether oxygens (including phenoxy) is 1. The molecule has 2 saturated heterocycles. The van der Waals surface area contributed by atoms with Gasteiger partial charge in [0.1, 0.15) is 0 Å². The number of sulfonamides is 1. The molecule has 36 heavy (non-hydrogen) atoms. The number of para-hydroxylation sites is 1. The van der Waals surface area contributed by atoms with Gasteiger partial charge in [-0.05, 0) is 74.8 Å². The summed E-state index contributed by atoms with van der Waals surface area (Å²) in [6, 6.07) is 13.1. The molecule has 192 valence electrons. The van der Waals surface area contributed by atoms with E-state index in [-0.39, 0.29) is 17.9 Å². The van der Waals surface area contributed by atoms with Gasteiger partial charge >= 0.3 is 0 Å². The summed E-state index contributed by atoms with van der Waals surface area (Å²) in [5.74, 6) is -0.228. The topological polar surface area (TPSA) is 79.8 Å². The number of rotatable bonds is 7. The molecular weight excluding hydrogens is 515 g/mol. The third kappa shape index (κ3) is 5.19. The highest BCUT2D eigenvalue weighted by Crippen LogP contribution is 2.34. The van der Waals surface area contributed by atoms with Crippen LogP contribution in [0.3, 0.4) is 0 Å². The number of fused-ring (bicyclic) bond motifs is 1. The molecule has 1 aromatic heterocycles. The number of aromatic nitrogens is 1. The number of benzene rings is 2. The number of nitrogens with zero attached hydrogens (tertiary/aromatic N) is 3. The minimum Gasteiger partial charge on any atom is -0.376 e. The van der Waals surface area contributed by atoms with Crippen LogP contribution in [0.15, 0.2) is 52.3 Å². The van der Waals surface area contributed by atoms with Gasteiger partial charge in [0, 0.05) is 30.5 Å². The molecule has 10 heteroatoms. The number of hydrogen-bond acceptors (Lipinski definition) is 7. The zero-order valence-electron chi connectivity index (χ0n) is 20.6. The molecule has 3 heterocycles. The van der Waals surface area contributed by atoms with E-state index in [9.17, 15) is 13.2 Å². The summed E-state index contributed by atoms with van der Waals surface area (Å²) in [6.07, 6.45) is 4.88. The maximum absolute atomic E-state index is 13.8. The molecule has 0 bridgehead atoms. The molecule has 1 atom stereocenters. The quantitative estimate of drug-likeness (QED) is 0.392. The summed E-state index contributed by atoms with van der Waals surface area (Å²) in [4.78, 5) is 21.8. The Kier molecular flexibility index (Phi) is 7.69. The highest BCUT2D eigenvalue weighted by Gasteiger charge is 2.36. The zero-order valence-corrected chi connectivity index (χ0v) is 23.0. The normalized spacial score (nSPS) is 19.7. The van der Waals surface area contributed by atoms with Crippen LogP contribution in [0.1, 0.15) is 31.2 Å². The largest absolute Gasteiger partial charge is 0.376 e. The van der Waals surface area contributed by atoms with E-state index in [1.807, 2.05) is 43.5 Å². The zero-order chi connectivity index (χ0) is 25.3. The first-order valence-corrected chi connectivity index (χ1v) is 15.8. The molecule has 0 N–H and O–H groups in total. The van der Waals surface area contributed by atoms with Crippen molar-refractivity contribution in [2.45, 2.75) is 48.5 Å². The summed E-state index contributed by atoms with van der Waals surface area (Å²) < 4.78 is 34.8. The lowest BCUT2D eigenvalue weighted by molar-refractivity contribution is -0.123. The molecule has 2 fully saturated rings. The lowest BCUT2D eigenvalue weighted by Gasteiger charge is -2.33. The van der Waals surface area contributed by atoms with Crippen molar-refractivity contribution < 1.29 is 17.9 Å². The number of hydrogen-bond donors (Lipinski definition) is 0. The standard InChI is InChI=1S/C26H31N3O4S3/c1-18-5-3-7-23-24(18)27-26(35-23)29(17-20-6-4-16-33-20)25(30)19-12-14-28(15-13-19)36(31,32)22-10-8-21(34-2)9-11-22/h3,5,7-11,19-20H,4,6,12-17H2,1-2H3. The molecule has 7 nitrogen and oxygen atoms in total. The number of aryl methyl sites for hydroxylation is 1. The molecule has 2 aliphatic rings. The van der Waals surface area contributed by atoms with Gasteiger partial charge < -0.3 is 4.74 Å². The summed E-state index contributed by atoms with van der Waals surface area (Å²) in [5, 5.41) is 0.698. The fraction of sp³-hybridized carbons (Fsp3) is 0.462. The molecule has 5 rings (SSSR count). The van der Waals surface area contributed by atoms with Gasteiger partial charge in [-0.15, -0.1) is 11.8 Å². The highest BCUT2D eigenvalue weighted by atomic mass is 32.2. The lowest BCUT2D eigenvalue weighted by Crippen LogP contribution is -2.46. The van der Waals surface area contributed by atoms with Crippen LogP contribution in [-0.4, -0.2) is 62.2 Å². The summed E-state index contributed by atoms with van der Waals surface area (Å²) in [7, 11) is -3.58. The van der Waals surface area contributed by atoms with Gasteiger partial charge in [0.2, 0.25) is 15.9 Å². The van der Waals surface area contributed by atoms with Crippen molar-refractivity contribution in [1.82, 2.24) is 9.29 Å². The van der Waals surface area contributed by atoms with Crippen molar-refractivity contribution in [3.05, 3.63) is 48.0 Å². The Morgan fingerprint density at radius 3 is 2.56 bits per heavy atom. The Balaban J connectivity index is 1.33. The van der Waals surface area contributed by atoms with E-state index in [1.165, 1.54) is 15.6 Å². The second-order valence-corrected chi connectivity index (χ2v) is 13.2. The minimum atomic E-state index is -3.58. The third-order valence-electron chi connectivity index (χ3n) is 7.02. The molecular formula is C26H31N3O4S3. The monoisotopic (exact) mass is 545 g/mol. The number of amides is 1. The van der Waals surface area contributed by atoms with Crippen molar-refractivity contribution in [3.63, 3.8) is 0 Å². The SMILES string of the molecule is CSc1ccc(S(=O)(=O)N2CCC(C(=O)N(CC3CCCO3)c3nc4c(C)cccc4s3)CC2)cc1. The summed E-state index contributed by atoms with van der Waals surface area (Å²) in [6.45, 7) is 3.90. The van der Waals surface area contributed by atoms with Crippen LogP contribution in [0.25, 0.3) is 10.2 Å². The predicted octanol–water partition coefficient (Wildman–Crippen LogP) is 4.94. The fourth-order valence-corrected chi connectivity index (χ4v) is 7.84. The molecule has 2 aliphatic heterocycles. The average molecular weight is 546 g/mol. The Labute approximate surface area is 220 Å². The van der Waals surface area contributed by atoms with Gasteiger partial charge in [0.15, 0.2) is 5.13 Å². The number of piperidine rings is 1. The lowest BCUT2D eigenvalue weighted by atomic mass is 9.96. The molecule has 2 aromatic carbocycles. The number of thioether (sulfide) groups is 1. The highest BCUT2D eigenvalue weighted by molar-refractivity contribution is 7.98. The van der Waals surface area contributed by atoms with E-state index in [0.717, 1.165) is 40.1 Å². The van der Waals surface area contributed by atoms with Crippen molar-refractivity contribution in [2.24, 2.45) is 5.92 Å². The van der Waals surface area contributed by atoms with E-state index in [0.29, 0.717) is 42.5 Å². The Bertz CT molecular complexity index is 1330. The summed E-state index contributed by atoms with van der Waals surface area (Å²) in [5.41, 5.74) is 2.01. The van der Waals surface area contributed by atoms with Gasteiger partial charge in [0.05, 0.1) is 27.8 Å². The van der Waals surface area contributed by atoms with Crippen LogP contribution in [0.4, 0.5) is 5.13 Å². The Morgan fingerprint density at radius 2 is 1.92 bits per heavy atom. The van der Waals surface area contributed by atoms with E-state index in [1.54, 1.807) is 28.8 Å². The van der Waals surface area contributed by atoms with E-state index >= 15 is 0 Å². The molecule has 1 unspecified atom stereocenters. The molecule has 1 amide bonds. The Hall–Kier alpha value is -1.98. The minimum absolute atomic E-state index is 0.00628. The van der Waals surface area contributed by atoms with E-state index in [4.69, 9.17) is 9.72 Å². The van der Waals surface area contributed by atoms with Crippen molar-refractivity contribution in [3.8, 4) is 0 Å². The van der Waals surface area contributed by atoms with E-state index in [2.05, 4.69) is 0 Å².